The average Bonchev–Trinajstić information content (AvgIpc) is 2.89. The van der Waals surface area contributed by atoms with Crippen molar-refractivity contribution in [2.45, 2.75) is 18.9 Å². The zero-order valence-corrected chi connectivity index (χ0v) is 10.5. The van der Waals surface area contributed by atoms with Crippen LogP contribution in [0.3, 0.4) is 0 Å². The highest BCUT2D eigenvalue weighted by molar-refractivity contribution is 5.59. The van der Waals surface area contributed by atoms with Crippen molar-refractivity contribution in [2.75, 3.05) is 32.6 Å². The van der Waals surface area contributed by atoms with Gasteiger partial charge in [0.25, 0.3) is 0 Å². The van der Waals surface area contributed by atoms with Crippen molar-refractivity contribution < 1.29 is 9.47 Å². The van der Waals surface area contributed by atoms with Crippen molar-refractivity contribution in [2.24, 2.45) is 0 Å². The predicted octanol–water partition coefficient (Wildman–Crippen LogP) is 1.87. The molecule has 2 N–H and O–H groups in total. The Morgan fingerprint density at radius 2 is 2.24 bits per heavy atom. The second-order valence-corrected chi connectivity index (χ2v) is 4.24. The van der Waals surface area contributed by atoms with Gasteiger partial charge >= 0.3 is 0 Å². The standard InChI is InChI=1S/C13H20N2O2/c1-16-11-5-6-12(13(8-11)17-2)15-9-10-4-3-7-14-10/h5-6,8,10,14-15H,3-4,7,9H2,1-2H3. The summed E-state index contributed by atoms with van der Waals surface area (Å²) >= 11 is 0. The summed E-state index contributed by atoms with van der Waals surface area (Å²) in [7, 11) is 3.33. The van der Waals surface area contributed by atoms with Crippen LogP contribution in [-0.2, 0) is 0 Å². The van der Waals surface area contributed by atoms with Crippen molar-refractivity contribution in [3.8, 4) is 11.5 Å². The van der Waals surface area contributed by atoms with Crippen molar-refractivity contribution in [3.63, 3.8) is 0 Å². The Bertz CT molecular complexity index is 362. The van der Waals surface area contributed by atoms with E-state index in [1.807, 2.05) is 18.2 Å². The smallest absolute Gasteiger partial charge is 0.145 e. The molecule has 1 unspecified atom stereocenters. The molecule has 4 nitrogen and oxygen atoms in total. The molecule has 94 valence electrons. The number of nitrogens with one attached hydrogen (secondary N) is 2. The normalized spacial score (nSPS) is 19.1. The number of anilines is 1. The van der Waals surface area contributed by atoms with Gasteiger partial charge in [0, 0.05) is 18.7 Å². The van der Waals surface area contributed by atoms with Gasteiger partial charge in [-0.05, 0) is 31.5 Å². The van der Waals surface area contributed by atoms with Gasteiger partial charge < -0.3 is 20.1 Å². The van der Waals surface area contributed by atoms with Crippen molar-refractivity contribution in [3.05, 3.63) is 18.2 Å². The first-order valence-corrected chi connectivity index (χ1v) is 6.03. The van der Waals surface area contributed by atoms with E-state index in [4.69, 9.17) is 9.47 Å². The lowest BCUT2D eigenvalue weighted by atomic mass is 10.2. The maximum absolute atomic E-state index is 5.34. The summed E-state index contributed by atoms with van der Waals surface area (Å²) in [5.74, 6) is 1.63. The topological polar surface area (TPSA) is 42.5 Å². The van der Waals surface area contributed by atoms with Gasteiger partial charge in [-0.15, -0.1) is 0 Å². The van der Waals surface area contributed by atoms with E-state index in [-0.39, 0.29) is 0 Å². The predicted molar refractivity (Wildman–Crippen MR) is 69.1 cm³/mol. The molecular formula is C13H20N2O2. The molecule has 0 radical (unpaired) electrons. The summed E-state index contributed by atoms with van der Waals surface area (Å²) in [6, 6.07) is 6.39. The molecule has 1 atom stereocenters. The lowest BCUT2D eigenvalue weighted by molar-refractivity contribution is 0.395. The number of methoxy groups -OCH3 is 2. The Labute approximate surface area is 102 Å². The Morgan fingerprint density at radius 1 is 1.35 bits per heavy atom. The highest BCUT2D eigenvalue weighted by Gasteiger charge is 2.14. The van der Waals surface area contributed by atoms with E-state index in [1.165, 1.54) is 12.8 Å². The van der Waals surface area contributed by atoms with Gasteiger partial charge in [0.2, 0.25) is 0 Å². The van der Waals surface area contributed by atoms with Gasteiger partial charge in [-0.2, -0.15) is 0 Å². The van der Waals surface area contributed by atoms with Crippen LogP contribution in [0.5, 0.6) is 11.5 Å². The van der Waals surface area contributed by atoms with Gasteiger partial charge in [-0.1, -0.05) is 0 Å². The number of ether oxygens (including phenoxy) is 2. The Morgan fingerprint density at radius 3 is 2.88 bits per heavy atom. The van der Waals surface area contributed by atoms with Crippen LogP contribution in [-0.4, -0.2) is 33.4 Å². The fourth-order valence-electron chi connectivity index (χ4n) is 2.11. The van der Waals surface area contributed by atoms with Gasteiger partial charge in [-0.3, -0.25) is 0 Å². The zero-order chi connectivity index (χ0) is 12.1. The molecule has 4 heteroatoms. The summed E-state index contributed by atoms with van der Waals surface area (Å²) in [5, 5.41) is 6.87. The largest absolute Gasteiger partial charge is 0.497 e. The highest BCUT2D eigenvalue weighted by Crippen LogP contribution is 2.29. The summed E-state index contributed by atoms with van der Waals surface area (Å²) in [6.45, 7) is 2.06. The molecular weight excluding hydrogens is 216 g/mol. The first kappa shape index (κ1) is 12.0. The molecule has 0 spiro atoms. The first-order valence-electron chi connectivity index (χ1n) is 6.03. The monoisotopic (exact) mass is 236 g/mol. The third-order valence-corrected chi connectivity index (χ3v) is 3.11. The summed E-state index contributed by atoms with van der Waals surface area (Å²) < 4.78 is 10.5. The van der Waals surface area contributed by atoms with E-state index in [1.54, 1.807) is 14.2 Å². The van der Waals surface area contributed by atoms with Crippen LogP contribution < -0.4 is 20.1 Å². The molecule has 1 aliphatic heterocycles. The fraction of sp³-hybridized carbons (Fsp3) is 0.538. The third kappa shape index (κ3) is 3.03. The van der Waals surface area contributed by atoms with Crippen molar-refractivity contribution >= 4 is 5.69 Å². The van der Waals surface area contributed by atoms with Crippen LogP contribution in [0.25, 0.3) is 0 Å². The first-order chi connectivity index (χ1) is 8.33. The highest BCUT2D eigenvalue weighted by atomic mass is 16.5. The Kier molecular flexibility index (Phi) is 4.09. The molecule has 0 amide bonds. The summed E-state index contributed by atoms with van der Waals surface area (Å²) in [5.41, 5.74) is 1.02. The van der Waals surface area contributed by atoms with E-state index < -0.39 is 0 Å². The molecule has 1 saturated heterocycles. The molecule has 2 rings (SSSR count). The molecule has 0 saturated carbocycles. The second-order valence-electron chi connectivity index (χ2n) is 4.24. The minimum Gasteiger partial charge on any atom is -0.497 e. The fourth-order valence-corrected chi connectivity index (χ4v) is 2.11. The van der Waals surface area contributed by atoms with E-state index in [2.05, 4.69) is 10.6 Å². The number of hydrogen-bond donors (Lipinski definition) is 2. The lowest BCUT2D eigenvalue weighted by Gasteiger charge is -2.15. The maximum atomic E-state index is 5.34. The molecule has 1 aromatic rings. The molecule has 0 bridgehead atoms. The number of rotatable bonds is 5. The van der Waals surface area contributed by atoms with Gasteiger partial charge in [0.05, 0.1) is 19.9 Å². The van der Waals surface area contributed by atoms with Gasteiger partial charge in [0.15, 0.2) is 0 Å². The number of hydrogen-bond acceptors (Lipinski definition) is 4. The van der Waals surface area contributed by atoms with Crippen molar-refractivity contribution in [1.82, 2.24) is 5.32 Å². The van der Waals surface area contributed by atoms with Crippen LogP contribution >= 0.6 is 0 Å². The van der Waals surface area contributed by atoms with Crippen LogP contribution in [0, 0.1) is 0 Å². The summed E-state index contributed by atoms with van der Waals surface area (Å²) in [6.07, 6.45) is 2.51. The lowest BCUT2D eigenvalue weighted by Crippen LogP contribution is -2.29. The molecule has 0 aliphatic carbocycles. The molecule has 1 heterocycles. The SMILES string of the molecule is COc1ccc(NCC2CCCN2)c(OC)c1. The Balaban J connectivity index is 1.98. The number of benzene rings is 1. The minimum absolute atomic E-state index is 0.571. The van der Waals surface area contributed by atoms with E-state index >= 15 is 0 Å². The zero-order valence-electron chi connectivity index (χ0n) is 10.5. The minimum atomic E-state index is 0.571. The molecule has 1 aromatic carbocycles. The van der Waals surface area contributed by atoms with Gasteiger partial charge in [-0.25, -0.2) is 0 Å². The van der Waals surface area contributed by atoms with E-state index in [0.29, 0.717) is 6.04 Å². The third-order valence-electron chi connectivity index (χ3n) is 3.11. The van der Waals surface area contributed by atoms with E-state index in [9.17, 15) is 0 Å². The van der Waals surface area contributed by atoms with Crippen LogP contribution in [0.15, 0.2) is 18.2 Å². The van der Waals surface area contributed by atoms with Gasteiger partial charge in [0.1, 0.15) is 11.5 Å². The van der Waals surface area contributed by atoms with E-state index in [0.717, 1.165) is 30.3 Å². The molecule has 1 fully saturated rings. The molecule has 1 aliphatic rings. The second kappa shape index (κ2) is 5.77. The van der Waals surface area contributed by atoms with Crippen LogP contribution in [0.4, 0.5) is 5.69 Å². The Hall–Kier alpha value is -1.42. The molecule has 0 aromatic heterocycles. The summed E-state index contributed by atoms with van der Waals surface area (Å²) in [4.78, 5) is 0. The molecule has 17 heavy (non-hydrogen) atoms. The maximum Gasteiger partial charge on any atom is 0.145 e. The van der Waals surface area contributed by atoms with Crippen LogP contribution in [0.2, 0.25) is 0 Å². The quantitative estimate of drug-likeness (QED) is 0.819. The van der Waals surface area contributed by atoms with Crippen molar-refractivity contribution in [1.29, 1.82) is 0 Å². The average molecular weight is 236 g/mol. The van der Waals surface area contributed by atoms with Crippen LogP contribution in [0.1, 0.15) is 12.8 Å².